The molecule has 0 bridgehead atoms. The van der Waals surface area contributed by atoms with Gasteiger partial charge in [-0.2, -0.15) is 0 Å². The van der Waals surface area contributed by atoms with E-state index in [-0.39, 0.29) is 22.4 Å². The molecule has 0 aliphatic carbocycles. The maximum Gasteiger partial charge on any atom is 0.264 e. The van der Waals surface area contributed by atoms with Crippen LogP contribution in [0.4, 0.5) is 10.1 Å². The molecule has 0 aliphatic heterocycles. The molecule has 0 spiro atoms. The lowest BCUT2D eigenvalue weighted by atomic mass is 10.2. The molecule has 0 saturated heterocycles. The molecule has 0 saturated carbocycles. The lowest BCUT2D eigenvalue weighted by molar-refractivity contribution is -0.120. The number of hydrogen-bond donors (Lipinski definition) is 1. The standard InChI is InChI=1S/C20H25FN2O5S/c1-5-14(2)22-20(24)13-23(16-8-6-15(21)7-9-16)29(25,26)17-10-11-18(27-3)19(12-17)28-4/h6-12,14H,5,13H2,1-4H3,(H,22,24)/t14-/m1/s1. The average Bonchev–Trinajstić information content (AvgIpc) is 2.71. The Kier molecular flexibility index (Phi) is 7.44. The minimum Gasteiger partial charge on any atom is -0.493 e. The first-order chi connectivity index (χ1) is 13.7. The summed E-state index contributed by atoms with van der Waals surface area (Å²) >= 11 is 0. The zero-order valence-electron chi connectivity index (χ0n) is 16.8. The van der Waals surface area contributed by atoms with Crippen LogP contribution in [0.5, 0.6) is 11.5 Å². The van der Waals surface area contributed by atoms with Crippen molar-refractivity contribution in [3.63, 3.8) is 0 Å². The van der Waals surface area contributed by atoms with Crippen molar-refractivity contribution < 1.29 is 27.1 Å². The van der Waals surface area contributed by atoms with Gasteiger partial charge in [0.15, 0.2) is 11.5 Å². The number of amides is 1. The van der Waals surface area contributed by atoms with Crippen LogP contribution in [-0.4, -0.2) is 41.1 Å². The third-order valence-electron chi connectivity index (χ3n) is 4.36. The van der Waals surface area contributed by atoms with Gasteiger partial charge in [-0.05, 0) is 49.7 Å². The van der Waals surface area contributed by atoms with Crippen molar-refractivity contribution in [3.8, 4) is 11.5 Å². The first kappa shape index (κ1) is 22.5. The first-order valence-electron chi connectivity index (χ1n) is 9.02. The van der Waals surface area contributed by atoms with Crippen LogP contribution in [0.1, 0.15) is 20.3 Å². The summed E-state index contributed by atoms with van der Waals surface area (Å²) in [5.74, 6) is -0.375. The van der Waals surface area contributed by atoms with Crippen LogP contribution in [0.3, 0.4) is 0 Å². The van der Waals surface area contributed by atoms with Gasteiger partial charge in [-0.25, -0.2) is 12.8 Å². The fourth-order valence-electron chi connectivity index (χ4n) is 2.58. The van der Waals surface area contributed by atoms with Gasteiger partial charge < -0.3 is 14.8 Å². The fourth-order valence-corrected chi connectivity index (χ4v) is 4.02. The summed E-state index contributed by atoms with van der Waals surface area (Å²) in [4.78, 5) is 12.3. The average molecular weight is 424 g/mol. The van der Waals surface area contributed by atoms with Crippen LogP contribution in [0, 0.1) is 5.82 Å². The predicted octanol–water partition coefficient (Wildman–Crippen LogP) is 2.95. The Morgan fingerprint density at radius 3 is 2.28 bits per heavy atom. The molecule has 1 amide bonds. The van der Waals surface area contributed by atoms with Crippen LogP contribution >= 0.6 is 0 Å². The molecule has 0 unspecified atom stereocenters. The number of hydrogen-bond acceptors (Lipinski definition) is 5. The summed E-state index contributed by atoms with van der Waals surface area (Å²) in [6.07, 6.45) is 0.699. The first-order valence-corrected chi connectivity index (χ1v) is 10.5. The number of carbonyl (C=O) groups is 1. The quantitative estimate of drug-likeness (QED) is 0.669. The van der Waals surface area contributed by atoms with Crippen molar-refractivity contribution in [1.82, 2.24) is 5.32 Å². The van der Waals surface area contributed by atoms with E-state index in [1.165, 1.54) is 44.6 Å². The molecule has 2 aromatic rings. The maximum atomic E-state index is 13.4. The number of nitrogens with one attached hydrogen (secondary N) is 1. The molecule has 2 aromatic carbocycles. The Hall–Kier alpha value is -2.81. The molecule has 2 rings (SSSR count). The third kappa shape index (κ3) is 5.38. The van der Waals surface area contributed by atoms with E-state index in [4.69, 9.17) is 9.47 Å². The molecule has 7 nitrogen and oxygen atoms in total. The second kappa shape index (κ2) is 9.60. The van der Waals surface area contributed by atoms with Gasteiger partial charge in [0.1, 0.15) is 12.4 Å². The summed E-state index contributed by atoms with van der Waals surface area (Å²) < 4.78 is 51.3. The van der Waals surface area contributed by atoms with Gasteiger partial charge in [-0.3, -0.25) is 9.10 Å². The van der Waals surface area contributed by atoms with Crippen LogP contribution in [0.25, 0.3) is 0 Å². The Morgan fingerprint density at radius 2 is 1.72 bits per heavy atom. The van der Waals surface area contributed by atoms with E-state index in [1.54, 1.807) is 0 Å². The van der Waals surface area contributed by atoms with Crippen LogP contribution < -0.4 is 19.1 Å². The maximum absolute atomic E-state index is 13.4. The molecule has 158 valence electrons. The fraction of sp³-hybridized carbons (Fsp3) is 0.350. The molecule has 0 fully saturated rings. The molecule has 0 aliphatic rings. The Bertz CT molecular complexity index is 948. The van der Waals surface area contributed by atoms with E-state index >= 15 is 0 Å². The van der Waals surface area contributed by atoms with Gasteiger partial charge >= 0.3 is 0 Å². The van der Waals surface area contributed by atoms with Gasteiger partial charge in [0, 0.05) is 12.1 Å². The Morgan fingerprint density at radius 1 is 1.10 bits per heavy atom. The number of methoxy groups -OCH3 is 2. The SMILES string of the molecule is CC[C@@H](C)NC(=O)CN(c1ccc(F)cc1)S(=O)(=O)c1ccc(OC)c(OC)c1. The summed E-state index contributed by atoms with van der Waals surface area (Å²) in [6, 6.07) is 8.93. The summed E-state index contributed by atoms with van der Waals surface area (Å²) in [5, 5.41) is 2.74. The number of ether oxygens (including phenoxy) is 2. The van der Waals surface area contributed by atoms with E-state index in [2.05, 4.69) is 5.32 Å². The lowest BCUT2D eigenvalue weighted by Crippen LogP contribution is -2.43. The number of benzene rings is 2. The minimum atomic E-state index is -4.15. The topological polar surface area (TPSA) is 84.9 Å². The molecule has 1 atom stereocenters. The summed E-state index contributed by atoms with van der Waals surface area (Å²) in [7, 11) is -1.31. The van der Waals surface area contributed by atoms with Crippen molar-refractivity contribution in [2.45, 2.75) is 31.2 Å². The number of halogens is 1. The second-order valence-electron chi connectivity index (χ2n) is 6.38. The number of nitrogens with zero attached hydrogens (tertiary/aromatic N) is 1. The monoisotopic (exact) mass is 424 g/mol. The van der Waals surface area contributed by atoms with Crippen molar-refractivity contribution in [3.05, 3.63) is 48.3 Å². The van der Waals surface area contributed by atoms with E-state index in [0.29, 0.717) is 12.2 Å². The van der Waals surface area contributed by atoms with E-state index < -0.39 is 28.3 Å². The number of sulfonamides is 1. The zero-order chi connectivity index (χ0) is 21.6. The highest BCUT2D eigenvalue weighted by molar-refractivity contribution is 7.92. The molecule has 29 heavy (non-hydrogen) atoms. The molecular formula is C20H25FN2O5S. The van der Waals surface area contributed by atoms with Gasteiger partial charge in [0.25, 0.3) is 10.0 Å². The lowest BCUT2D eigenvalue weighted by Gasteiger charge is -2.25. The van der Waals surface area contributed by atoms with Gasteiger partial charge in [-0.1, -0.05) is 6.92 Å². The predicted molar refractivity (Wildman–Crippen MR) is 108 cm³/mol. The van der Waals surface area contributed by atoms with Crippen LogP contribution in [-0.2, 0) is 14.8 Å². The van der Waals surface area contributed by atoms with E-state index in [1.807, 2.05) is 13.8 Å². The Labute approximate surface area is 170 Å². The Balaban J connectivity index is 2.48. The minimum absolute atomic E-state index is 0.0872. The van der Waals surface area contributed by atoms with Gasteiger partial charge in [0.05, 0.1) is 24.8 Å². The van der Waals surface area contributed by atoms with E-state index in [9.17, 15) is 17.6 Å². The van der Waals surface area contributed by atoms with Gasteiger partial charge in [-0.15, -0.1) is 0 Å². The molecule has 0 heterocycles. The zero-order valence-corrected chi connectivity index (χ0v) is 17.6. The molecule has 0 aromatic heterocycles. The van der Waals surface area contributed by atoms with Crippen molar-refractivity contribution in [2.24, 2.45) is 0 Å². The number of anilines is 1. The highest BCUT2D eigenvalue weighted by atomic mass is 32.2. The molecular weight excluding hydrogens is 399 g/mol. The highest BCUT2D eigenvalue weighted by Crippen LogP contribution is 2.32. The van der Waals surface area contributed by atoms with Gasteiger partial charge in [0.2, 0.25) is 5.91 Å². The molecule has 0 radical (unpaired) electrons. The molecule has 1 N–H and O–H groups in total. The molecule has 9 heteroatoms. The number of carbonyl (C=O) groups excluding carboxylic acids is 1. The van der Waals surface area contributed by atoms with Crippen molar-refractivity contribution in [2.75, 3.05) is 25.1 Å². The van der Waals surface area contributed by atoms with Crippen molar-refractivity contribution >= 4 is 21.6 Å². The summed E-state index contributed by atoms with van der Waals surface area (Å²) in [6.45, 7) is 3.28. The normalized spacial score (nSPS) is 12.2. The number of rotatable bonds is 9. The second-order valence-corrected chi connectivity index (χ2v) is 8.24. The largest absolute Gasteiger partial charge is 0.493 e. The van der Waals surface area contributed by atoms with Crippen LogP contribution in [0.2, 0.25) is 0 Å². The van der Waals surface area contributed by atoms with Crippen LogP contribution in [0.15, 0.2) is 47.4 Å². The van der Waals surface area contributed by atoms with E-state index in [0.717, 1.165) is 16.4 Å². The van der Waals surface area contributed by atoms with Crippen molar-refractivity contribution in [1.29, 1.82) is 0 Å². The smallest absolute Gasteiger partial charge is 0.264 e. The third-order valence-corrected chi connectivity index (χ3v) is 6.13. The highest BCUT2D eigenvalue weighted by Gasteiger charge is 2.28. The summed E-state index contributed by atoms with van der Waals surface area (Å²) in [5.41, 5.74) is 0.167.